The van der Waals surface area contributed by atoms with E-state index in [9.17, 15) is 19.2 Å². The molecule has 3 fully saturated rings. The molecule has 0 unspecified atom stereocenters. The van der Waals surface area contributed by atoms with E-state index in [1.54, 1.807) is 62.5 Å². The van der Waals surface area contributed by atoms with Gasteiger partial charge in [-0.15, -0.1) is 0 Å². The number of hydrogen-bond donors (Lipinski definition) is 0. The monoisotopic (exact) mass is 607 g/mol. The largest absolute Gasteiger partial charge is 0.461 e. The molecule has 1 aromatic carbocycles. The number of pyridine rings is 1. The number of carbonyl (C=O) groups excluding carboxylic acids is 4. The van der Waals surface area contributed by atoms with Crippen molar-refractivity contribution in [3.05, 3.63) is 66.0 Å². The molecule has 2 saturated carbocycles. The van der Waals surface area contributed by atoms with Crippen LogP contribution in [0, 0.1) is 23.2 Å². The van der Waals surface area contributed by atoms with Gasteiger partial charge in [-0.3, -0.25) is 14.6 Å². The molecule has 10 nitrogen and oxygen atoms in total. The standard InChI is InChI=1S/C34H41NO9/c1-20(2)29(37)42-26-15-14-21(3)34-17-25(32(5,6)44-34)27(41-22(4)36)28(43-31(39)23-11-8-7-9-12-23)33(26,34)19-40-30(38)24-13-10-16-35-18-24/h7-13,16,18,20-21,25-28H,14-15,17,19H2,1-6H3/t21-,25+,26-,27-,28+,33-,34-/m0/s1. The minimum atomic E-state index is -1.43. The van der Waals surface area contributed by atoms with Crippen molar-refractivity contribution >= 4 is 23.9 Å². The third-order valence-electron chi connectivity index (χ3n) is 9.70. The zero-order chi connectivity index (χ0) is 31.9. The van der Waals surface area contributed by atoms with Crippen LogP contribution in [0.1, 0.15) is 81.5 Å². The van der Waals surface area contributed by atoms with Crippen molar-refractivity contribution in [1.82, 2.24) is 4.98 Å². The third-order valence-corrected chi connectivity index (χ3v) is 9.70. The predicted octanol–water partition coefficient (Wildman–Crippen LogP) is 4.95. The third kappa shape index (κ3) is 5.38. The van der Waals surface area contributed by atoms with Crippen LogP contribution in [0.5, 0.6) is 0 Å². The molecular formula is C34H41NO9. The molecule has 2 bridgehead atoms. The number of hydrogen-bond acceptors (Lipinski definition) is 10. The summed E-state index contributed by atoms with van der Waals surface area (Å²) in [6.45, 7) is 10.3. The molecule has 1 spiro atoms. The fourth-order valence-corrected chi connectivity index (χ4v) is 7.56. The van der Waals surface area contributed by atoms with Crippen molar-refractivity contribution < 1.29 is 42.9 Å². The Kier molecular flexibility index (Phi) is 8.59. The Hall–Kier alpha value is -3.79. The molecule has 5 rings (SSSR count). The van der Waals surface area contributed by atoms with Crippen LogP contribution in [-0.2, 0) is 33.3 Å². The van der Waals surface area contributed by atoms with E-state index >= 15 is 0 Å². The van der Waals surface area contributed by atoms with E-state index in [2.05, 4.69) is 11.9 Å². The molecule has 0 N–H and O–H groups in total. The predicted molar refractivity (Wildman–Crippen MR) is 157 cm³/mol. The summed E-state index contributed by atoms with van der Waals surface area (Å²) >= 11 is 0. The maximum absolute atomic E-state index is 13.8. The summed E-state index contributed by atoms with van der Waals surface area (Å²) in [5.74, 6) is -3.24. The normalized spacial score (nSPS) is 31.8. The molecule has 1 saturated heterocycles. The van der Waals surface area contributed by atoms with Gasteiger partial charge in [-0.25, -0.2) is 9.59 Å². The Bertz CT molecular complexity index is 1390. The molecule has 2 aromatic rings. The highest BCUT2D eigenvalue weighted by Crippen LogP contribution is 2.67. The first-order valence-corrected chi connectivity index (χ1v) is 15.2. The molecule has 236 valence electrons. The summed E-state index contributed by atoms with van der Waals surface area (Å²) < 4.78 is 31.8. The van der Waals surface area contributed by atoms with E-state index in [-0.39, 0.29) is 24.0 Å². The highest BCUT2D eigenvalue weighted by molar-refractivity contribution is 5.90. The lowest BCUT2D eigenvalue weighted by Crippen LogP contribution is -2.74. The maximum atomic E-state index is 13.8. The topological polar surface area (TPSA) is 127 Å². The smallest absolute Gasteiger partial charge is 0.339 e. The van der Waals surface area contributed by atoms with Crippen molar-refractivity contribution in [2.24, 2.45) is 23.2 Å². The number of rotatable bonds is 8. The summed E-state index contributed by atoms with van der Waals surface area (Å²) in [5.41, 5.74) is -2.79. The summed E-state index contributed by atoms with van der Waals surface area (Å²) in [7, 11) is 0. The van der Waals surface area contributed by atoms with Gasteiger partial charge in [-0.2, -0.15) is 0 Å². The van der Waals surface area contributed by atoms with Gasteiger partial charge in [0.25, 0.3) is 0 Å². The molecule has 3 aliphatic rings. The van der Waals surface area contributed by atoms with Crippen LogP contribution in [-0.4, -0.2) is 65.0 Å². The van der Waals surface area contributed by atoms with Crippen LogP contribution < -0.4 is 0 Å². The zero-order valence-electron chi connectivity index (χ0n) is 26.1. The van der Waals surface area contributed by atoms with Gasteiger partial charge in [0, 0.05) is 25.2 Å². The molecule has 10 heteroatoms. The first-order chi connectivity index (χ1) is 20.8. The minimum absolute atomic E-state index is 0.117. The number of esters is 4. The Morgan fingerprint density at radius 3 is 2.30 bits per heavy atom. The number of fused-ring (bicyclic) bond motifs is 1. The van der Waals surface area contributed by atoms with E-state index in [1.807, 2.05) is 13.8 Å². The van der Waals surface area contributed by atoms with Gasteiger partial charge in [-0.05, 0) is 63.3 Å². The summed E-state index contributed by atoms with van der Waals surface area (Å²) in [6.07, 6.45) is 1.35. The molecule has 0 radical (unpaired) electrons. The molecule has 2 aliphatic carbocycles. The molecule has 44 heavy (non-hydrogen) atoms. The van der Waals surface area contributed by atoms with Crippen molar-refractivity contribution in [2.75, 3.05) is 6.61 Å². The second-order valence-corrected chi connectivity index (χ2v) is 13.1. The maximum Gasteiger partial charge on any atom is 0.339 e. The molecule has 7 atom stereocenters. The van der Waals surface area contributed by atoms with Crippen LogP contribution in [0.15, 0.2) is 54.9 Å². The number of nitrogens with zero attached hydrogens (tertiary/aromatic N) is 1. The average Bonchev–Trinajstić information content (AvgIpc) is 3.26. The van der Waals surface area contributed by atoms with Crippen LogP contribution in [0.4, 0.5) is 0 Å². The van der Waals surface area contributed by atoms with Gasteiger partial charge in [0.2, 0.25) is 0 Å². The summed E-state index contributed by atoms with van der Waals surface area (Å²) in [5, 5.41) is 0. The van der Waals surface area contributed by atoms with E-state index in [4.69, 9.17) is 23.7 Å². The lowest BCUT2D eigenvalue weighted by molar-refractivity contribution is -0.287. The first kappa shape index (κ1) is 31.6. The van der Waals surface area contributed by atoms with Crippen molar-refractivity contribution in [3.63, 3.8) is 0 Å². The zero-order valence-corrected chi connectivity index (χ0v) is 26.1. The Balaban J connectivity index is 1.71. The lowest BCUT2D eigenvalue weighted by atomic mass is 9.49. The SMILES string of the molecule is CC(=O)O[C@H]1[C@H]2C[C@]3(OC2(C)C)[C@@H](C)CC[C@H](OC(=O)C(C)C)[C@@]3(COC(=O)c2cccnc2)[C@@H]1OC(=O)c1ccccc1. The van der Waals surface area contributed by atoms with Gasteiger partial charge < -0.3 is 23.7 Å². The number of ether oxygens (including phenoxy) is 5. The Morgan fingerprint density at radius 1 is 0.955 bits per heavy atom. The van der Waals surface area contributed by atoms with Gasteiger partial charge in [0.15, 0.2) is 6.10 Å². The fourth-order valence-electron chi connectivity index (χ4n) is 7.56. The molecule has 2 heterocycles. The highest BCUT2D eigenvalue weighted by atomic mass is 16.6. The second-order valence-electron chi connectivity index (χ2n) is 13.1. The minimum Gasteiger partial charge on any atom is -0.461 e. The van der Waals surface area contributed by atoms with Gasteiger partial charge in [0.05, 0.1) is 28.2 Å². The van der Waals surface area contributed by atoms with E-state index in [1.165, 1.54) is 13.1 Å². The van der Waals surface area contributed by atoms with Crippen LogP contribution in [0.2, 0.25) is 0 Å². The van der Waals surface area contributed by atoms with Gasteiger partial charge in [0.1, 0.15) is 24.2 Å². The number of aromatic nitrogens is 1. The summed E-state index contributed by atoms with van der Waals surface area (Å²) in [4.78, 5) is 57.1. The van der Waals surface area contributed by atoms with Crippen LogP contribution >= 0.6 is 0 Å². The molecular weight excluding hydrogens is 566 g/mol. The van der Waals surface area contributed by atoms with Crippen molar-refractivity contribution in [2.45, 2.75) is 90.3 Å². The highest BCUT2D eigenvalue weighted by Gasteiger charge is 2.79. The van der Waals surface area contributed by atoms with E-state index in [0.29, 0.717) is 24.8 Å². The van der Waals surface area contributed by atoms with Gasteiger partial charge in [-0.1, -0.05) is 39.0 Å². The molecule has 1 aliphatic heterocycles. The fraction of sp³-hybridized carbons (Fsp3) is 0.559. The molecule has 1 aromatic heterocycles. The number of carbonyl (C=O) groups is 4. The van der Waals surface area contributed by atoms with Crippen molar-refractivity contribution in [3.8, 4) is 0 Å². The second kappa shape index (κ2) is 12.0. The Morgan fingerprint density at radius 2 is 1.66 bits per heavy atom. The quantitative estimate of drug-likeness (QED) is 0.301. The van der Waals surface area contributed by atoms with Crippen molar-refractivity contribution in [1.29, 1.82) is 0 Å². The average molecular weight is 608 g/mol. The lowest BCUT2D eigenvalue weighted by Gasteiger charge is -2.61. The van der Waals surface area contributed by atoms with Gasteiger partial charge >= 0.3 is 23.9 Å². The molecule has 0 amide bonds. The Labute approximate surface area is 257 Å². The summed E-state index contributed by atoms with van der Waals surface area (Å²) in [6, 6.07) is 11.7. The van der Waals surface area contributed by atoms with Crippen LogP contribution in [0.25, 0.3) is 0 Å². The van der Waals surface area contributed by atoms with Crippen LogP contribution in [0.3, 0.4) is 0 Å². The van der Waals surface area contributed by atoms with E-state index in [0.717, 1.165) is 0 Å². The van der Waals surface area contributed by atoms with E-state index < -0.39 is 64.7 Å². The number of benzene rings is 1. The first-order valence-electron chi connectivity index (χ1n) is 15.2.